The van der Waals surface area contributed by atoms with Crippen molar-refractivity contribution in [2.24, 2.45) is 11.8 Å². The lowest BCUT2D eigenvalue weighted by atomic mass is 9.79. The van der Waals surface area contributed by atoms with E-state index in [2.05, 4.69) is 30.1 Å². The molecule has 0 saturated heterocycles. The Kier molecular flexibility index (Phi) is 6.54. The zero-order valence-electron chi connectivity index (χ0n) is 15.4. The van der Waals surface area contributed by atoms with Gasteiger partial charge in [0.25, 0.3) is 0 Å². The molecule has 0 spiro atoms. The molecule has 0 radical (unpaired) electrons. The Morgan fingerprint density at radius 1 is 1.04 bits per heavy atom. The number of hydrogen-bond donors (Lipinski definition) is 0. The predicted molar refractivity (Wildman–Crippen MR) is 103 cm³/mol. The first kappa shape index (κ1) is 18.8. The fraction of sp³-hybridized carbons (Fsp3) is 0.435. The van der Waals surface area contributed by atoms with Crippen LogP contribution in [-0.4, -0.2) is 4.98 Å². The summed E-state index contributed by atoms with van der Waals surface area (Å²) in [5.74, 6) is -0.0709. The lowest BCUT2D eigenvalue weighted by Gasteiger charge is -2.26. The van der Waals surface area contributed by atoms with Crippen LogP contribution in [0, 0.1) is 23.5 Å². The maximum Gasteiger partial charge on any atom is 0.159 e. The molecule has 1 nitrogen and oxygen atoms in total. The molecule has 1 saturated carbocycles. The molecular formula is C23H27F2N. The predicted octanol–water partition coefficient (Wildman–Crippen LogP) is 6.73. The summed E-state index contributed by atoms with van der Waals surface area (Å²) in [4.78, 5) is 4.43. The lowest BCUT2D eigenvalue weighted by molar-refractivity contribution is 0.296. The summed E-state index contributed by atoms with van der Waals surface area (Å²) >= 11 is 0. The van der Waals surface area contributed by atoms with Gasteiger partial charge in [0.15, 0.2) is 11.6 Å². The van der Waals surface area contributed by atoms with Crippen molar-refractivity contribution in [1.29, 1.82) is 0 Å². The highest BCUT2D eigenvalue weighted by atomic mass is 19.2. The highest BCUT2D eigenvalue weighted by molar-refractivity contribution is 5.59. The zero-order chi connectivity index (χ0) is 18.4. The van der Waals surface area contributed by atoms with Gasteiger partial charge < -0.3 is 0 Å². The highest BCUT2D eigenvalue weighted by Crippen LogP contribution is 2.32. The summed E-state index contributed by atoms with van der Waals surface area (Å²) in [5, 5.41) is 0. The summed E-state index contributed by atoms with van der Waals surface area (Å²) in [5.41, 5.74) is 2.49. The number of hydrogen-bond acceptors (Lipinski definition) is 1. The molecule has 1 heterocycles. The fourth-order valence-corrected chi connectivity index (χ4v) is 3.77. The van der Waals surface area contributed by atoms with Gasteiger partial charge in [-0.05, 0) is 86.6 Å². The summed E-state index contributed by atoms with van der Waals surface area (Å²) in [6, 6.07) is 7.86. The third kappa shape index (κ3) is 5.00. The molecule has 3 heteroatoms. The SMILES string of the molecule is CCC=C[C@H]1CC[C@H](CCc2ccc(-c3ccc(F)c(F)c3)nc2)CC1. The van der Waals surface area contributed by atoms with E-state index < -0.39 is 11.6 Å². The quantitative estimate of drug-likeness (QED) is 0.523. The van der Waals surface area contributed by atoms with Gasteiger partial charge in [0, 0.05) is 11.8 Å². The van der Waals surface area contributed by atoms with E-state index in [1.54, 1.807) is 6.07 Å². The summed E-state index contributed by atoms with van der Waals surface area (Å²) in [6.45, 7) is 2.19. The van der Waals surface area contributed by atoms with Crippen molar-refractivity contribution in [2.45, 2.75) is 51.9 Å². The summed E-state index contributed by atoms with van der Waals surface area (Å²) < 4.78 is 26.4. The number of halogens is 2. The van der Waals surface area contributed by atoms with E-state index in [-0.39, 0.29) is 0 Å². The van der Waals surface area contributed by atoms with Gasteiger partial charge in [-0.2, -0.15) is 0 Å². The normalized spacial score (nSPS) is 20.6. The Bertz CT molecular complexity index is 728. The molecule has 1 aliphatic carbocycles. The van der Waals surface area contributed by atoms with E-state index in [4.69, 9.17) is 0 Å². The maximum absolute atomic E-state index is 13.4. The molecule has 1 fully saturated rings. The van der Waals surface area contributed by atoms with Crippen molar-refractivity contribution < 1.29 is 8.78 Å². The molecule has 138 valence electrons. The Labute approximate surface area is 155 Å². The molecule has 3 rings (SSSR count). The van der Waals surface area contributed by atoms with Gasteiger partial charge in [-0.25, -0.2) is 8.78 Å². The number of allylic oxidation sites excluding steroid dienone is 2. The largest absolute Gasteiger partial charge is 0.256 e. The van der Waals surface area contributed by atoms with Gasteiger partial charge in [0.1, 0.15) is 0 Å². The van der Waals surface area contributed by atoms with Gasteiger partial charge in [0.2, 0.25) is 0 Å². The Morgan fingerprint density at radius 2 is 1.85 bits per heavy atom. The maximum atomic E-state index is 13.4. The van der Waals surface area contributed by atoms with Crippen LogP contribution in [0.4, 0.5) is 8.78 Å². The lowest BCUT2D eigenvalue weighted by Crippen LogP contribution is -2.13. The van der Waals surface area contributed by atoms with Crippen LogP contribution >= 0.6 is 0 Å². The van der Waals surface area contributed by atoms with E-state index in [0.717, 1.165) is 30.7 Å². The molecule has 0 N–H and O–H groups in total. The van der Waals surface area contributed by atoms with Crippen LogP contribution in [0.5, 0.6) is 0 Å². The monoisotopic (exact) mass is 355 g/mol. The highest BCUT2D eigenvalue weighted by Gasteiger charge is 2.19. The molecule has 2 aromatic rings. The first-order chi connectivity index (χ1) is 12.7. The van der Waals surface area contributed by atoms with Crippen LogP contribution in [-0.2, 0) is 6.42 Å². The van der Waals surface area contributed by atoms with E-state index in [9.17, 15) is 8.78 Å². The molecule has 1 aliphatic rings. The minimum atomic E-state index is -0.835. The van der Waals surface area contributed by atoms with E-state index in [1.165, 1.54) is 43.7 Å². The number of pyridine rings is 1. The summed E-state index contributed by atoms with van der Waals surface area (Å²) in [7, 11) is 0. The Morgan fingerprint density at radius 3 is 2.50 bits per heavy atom. The minimum Gasteiger partial charge on any atom is -0.256 e. The summed E-state index contributed by atoms with van der Waals surface area (Å²) in [6.07, 6.45) is 15.2. The topological polar surface area (TPSA) is 12.9 Å². The van der Waals surface area contributed by atoms with Crippen molar-refractivity contribution in [3.63, 3.8) is 0 Å². The molecule has 0 unspecified atom stereocenters. The molecule has 26 heavy (non-hydrogen) atoms. The second-order valence-corrected chi connectivity index (χ2v) is 7.34. The third-order valence-electron chi connectivity index (χ3n) is 5.42. The first-order valence-electron chi connectivity index (χ1n) is 9.72. The van der Waals surface area contributed by atoms with Crippen LogP contribution in [0.15, 0.2) is 48.7 Å². The average Bonchev–Trinajstić information content (AvgIpc) is 2.68. The minimum absolute atomic E-state index is 0.605. The first-order valence-corrected chi connectivity index (χ1v) is 9.72. The van der Waals surface area contributed by atoms with Crippen LogP contribution in [0.2, 0.25) is 0 Å². The second kappa shape index (κ2) is 9.07. The van der Waals surface area contributed by atoms with E-state index in [0.29, 0.717) is 11.3 Å². The molecular weight excluding hydrogens is 328 g/mol. The van der Waals surface area contributed by atoms with Gasteiger partial charge in [0.05, 0.1) is 5.69 Å². The Balaban J connectivity index is 1.50. The zero-order valence-corrected chi connectivity index (χ0v) is 15.4. The second-order valence-electron chi connectivity index (χ2n) is 7.34. The molecule has 0 atom stereocenters. The van der Waals surface area contributed by atoms with Crippen LogP contribution in [0.1, 0.15) is 51.0 Å². The van der Waals surface area contributed by atoms with Crippen LogP contribution in [0.25, 0.3) is 11.3 Å². The molecule has 0 aliphatic heterocycles. The van der Waals surface area contributed by atoms with E-state index in [1.807, 2.05) is 12.3 Å². The van der Waals surface area contributed by atoms with Crippen molar-refractivity contribution in [3.05, 3.63) is 65.9 Å². The van der Waals surface area contributed by atoms with Gasteiger partial charge in [-0.3, -0.25) is 4.98 Å². The fourth-order valence-electron chi connectivity index (χ4n) is 3.77. The van der Waals surface area contributed by atoms with Crippen LogP contribution in [0.3, 0.4) is 0 Å². The molecule has 1 aromatic carbocycles. The van der Waals surface area contributed by atoms with Crippen molar-refractivity contribution in [3.8, 4) is 11.3 Å². The van der Waals surface area contributed by atoms with Gasteiger partial charge in [-0.15, -0.1) is 0 Å². The van der Waals surface area contributed by atoms with Crippen molar-refractivity contribution in [2.75, 3.05) is 0 Å². The Hall–Kier alpha value is -2.03. The molecule has 0 bridgehead atoms. The number of aromatic nitrogens is 1. The number of nitrogens with zero attached hydrogens (tertiary/aromatic N) is 1. The standard InChI is InChI=1S/C23H27F2N/c1-2-3-4-17-5-7-18(8-6-17)9-10-19-11-14-23(26-16-19)20-12-13-21(24)22(25)15-20/h3-4,11-18H,2,5-10H2,1H3/t17-,18-. The van der Waals surface area contributed by atoms with Gasteiger partial charge >= 0.3 is 0 Å². The number of benzene rings is 1. The average molecular weight is 355 g/mol. The molecule has 0 amide bonds. The smallest absolute Gasteiger partial charge is 0.159 e. The number of aryl methyl sites for hydroxylation is 1. The van der Waals surface area contributed by atoms with Crippen molar-refractivity contribution >= 4 is 0 Å². The van der Waals surface area contributed by atoms with E-state index >= 15 is 0 Å². The van der Waals surface area contributed by atoms with Crippen LogP contribution < -0.4 is 0 Å². The van der Waals surface area contributed by atoms with Gasteiger partial charge in [-0.1, -0.05) is 25.1 Å². The third-order valence-corrected chi connectivity index (χ3v) is 5.42. The number of rotatable bonds is 6. The van der Waals surface area contributed by atoms with Crippen molar-refractivity contribution in [1.82, 2.24) is 4.98 Å². The molecule has 1 aromatic heterocycles.